The third kappa shape index (κ3) is 4.50. The van der Waals surface area contributed by atoms with Gasteiger partial charge in [0.1, 0.15) is 0 Å². The number of nitrogens with zero attached hydrogens (tertiary/aromatic N) is 1. The van der Waals surface area contributed by atoms with Gasteiger partial charge in [-0.2, -0.15) is 0 Å². The van der Waals surface area contributed by atoms with Crippen molar-refractivity contribution in [1.29, 1.82) is 5.41 Å². The van der Waals surface area contributed by atoms with Gasteiger partial charge in [0, 0.05) is 0 Å². The van der Waals surface area contributed by atoms with Gasteiger partial charge in [0.15, 0.2) is 0 Å². The molecule has 0 bridgehead atoms. The number of nitrogens with one attached hydrogen (secondary N) is 1. The van der Waals surface area contributed by atoms with Crippen molar-refractivity contribution in [2.24, 2.45) is 0 Å². The predicted molar refractivity (Wildman–Crippen MR) is 65.5 cm³/mol. The molecule has 0 fully saturated rings. The number of aryl methyl sites for hydroxylation is 1. The monoisotopic (exact) mass is 269 g/mol. The summed E-state index contributed by atoms with van der Waals surface area (Å²) in [6, 6.07) is 10.5. The molecule has 3 heteroatoms. The second-order valence-electron chi connectivity index (χ2n) is 3.47. The van der Waals surface area contributed by atoms with Crippen molar-refractivity contribution in [2.45, 2.75) is 19.8 Å². The van der Waals surface area contributed by atoms with E-state index >= 15 is 0 Å². The van der Waals surface area contributed by atoms with E-state index in [0.717, 1.165) is 25.9 Å². The third-order valence-corrected chi connectivity index (χ3v) is 2.95. The molecule has 1 aromatic carbocycles. The molecule has 2 nitrogen and oxygen atoms in total. The Hall–Kier alpha value is -0.791. The van der Waals surface area contributed by atoms with Gasteiger partial charge in [-0.3, -0.25) is 0 Å². The van der Waals surface area contributed by atoms with Crippen LogP contribution in [-0.2, 0) is 6.42 Å². The second-order valence-corrected chi connectivity index (χ2v) is 4.29. The first-order valence-electron chi connectivity index (χ1n) is 5.28. The van der Waals surface area contributed by atoms with E-state index in [1.54, 1.807) is 0 Å². The quantitative estimate of drug-likeness (QED) is 0.494. The number of hydrogen-bond donors (Lipinski definition) is 1. The van der Waals surface area contributed by atoms with Gasteiger partial charge >= 0.3 is 99.8 Å². The van der Waals surface area contributed by atoms with Crippen LogP contribution < -0.4 is 0 Å². The predicted octanol–water partition coefficient (Wildman–Crippen LogP) is 2.04. The molecule has 0 heterocycles. The molecule has 0 spiro atoms. The average Bonchev–Trinajstić information content (AvgIpc) is 2.25. The SMILES string of the molecule is CCN(CCCc1ccccc1)C(=N)[Se]. The fourth-order valence-electron chi connectivity index (χ4n) is 1.52. The molecule has 0 atom stereocenters. The molecule has 0 aromatic heterocycles. The van der Waals surface area contributed by atoms with Crippen LogP contribution in [0.4, 0.5) is 0 Å². The van der Waals surface area contributed by atoms with Crippen molar-refractivity contribution in [2.75, 3.05) is 13.1 Å². The second kappa shape index (κ2) is 6.65. The molecule has 15 heavy (non-hydrogen) atoms. The molecule has 0 saturated heterocycles. The topological polar surface area (TPSA) is 27.1 Å². The van der Waals surface area contributed by atoms with Gasteiger partial charge in [0.25, 0.3) is 0 Å². The summed E-state index contributed by atoms with van der Waals surface area (Å²) in [5.41, 5.74) is 1.38. The molecule has 1 N–H and O–H groups in total. The summed E-state index contributed by atoms with van der Waals surface area (Å²) in [6.45, 7) is 3.94. The van der Waals surface area contributed by atoms with Crippen LogP contribution in [-0.4, -0.2) is 38.7 Å². The van der Waals surface area contributed by atoms with E-state index in [0.29, 0.717) is 4.73 Å². The van der Waals surface area contributed by atoms with Crippen LogP contribution in [0.1, 0.15) is 18.9 Å². The van der Waals surface area contributed by atoms with Crippen LogP contribution in [0.5, 0.6) is 0 Å². The summed E-state index contributed by atoms with van der Waals surface area (Å²) < 4.78 is 0.547. The molecule has 0 aliphatic rings. The van der Waals surface area contributed by atoms with Crippen LogP contribution in [0.2, 0.25) is 0 Å². The Balaban J connectivity index is 2.30. The Labute approximate surface area is 100 Å². The van der Waals surface area contributed by atoms with Gasteiger partial charge in [-0.15, -0.1) is 0 Å². The third-order valence-electron chi connectivity index (χ3n) is 2.41. The minimum atomic E-state index is 0.547. The zero-order valence-corrected chi connectivity index (χ0v) is 10.8. The van der Waals surface area contributed by atoms with Gasteiger partial charge in [0.05, 0.1) is 0 Å². The van der Waals surface area contributed by atoms with Gasteiger partial charge < -0.3 is 0 Å². The Bertz CT molecular complexity index is 298. The molecule has 0 amide bonds. The summed E-state index contributed by atoms with van der Waals surface area (Å²) in [7, 11) is 0. The average molecular weight is 268 g/mol. The van der Waals surface area contributed by atoms with Crippen LogP contribution >= 0.6 is 0 Å². The van der Waals surface area contributed by atoms with Crippen molar-refractivity contribution < 1.29 is 0 Å². The molecule has 81 valence electrons. The summed E-state index contributed by atoms with van der Waals surface area (Å²) in [5, 5.41) is 7.51. The van der Waals surface area contributed by atoms with Gasteiger partial charge in [-0.05, 0) is 0 Å². The molecule has 1 aromatic rings. The first-order valence-corrected chi connectivity index (χ1v) is 6.14. The van der Waals surface area contributed by atoms with E-state index in [1.165, 1.54) is 5.56 Å². The van der Waals surface area contributed by atoms with E-state index in [2.05, 4.69) is 47.2 Å². The van der Waals surface area contributed by atoms with Crippen molar-refractivity contribution >= 4 is 20.7 Å². The summed E-state index contributed by atoms with van der Waals surface area (Å²) in [5.74, 6) is 0. The van der Waals surface area contributed by atoms with E-state index in [-0.39, 0.29) is 0 Å². The molecule has 0 aliphatic heterocycles. The Morgan fingerprint density at radius 3 is 2.53 bits per heavy atom. The van der Waals surface area contributed by atoms with E-state index in [1.807, 2.05) is 11.0 Å². The molecule has 1 rings (SSSR count). The van der Waals surface area contributed by atoms with Gasteiger partial charge in [-0.1, -0.05) is 0 Å². The van der Waals surface area contributed by atoms with Crippen molar-refractivity contribution in [3.8, 4) is 0 Å². The summed E-state index contributed by atoms with van der Waals surface area (Å²) >= 11 is 2.75. The van der Waals surface area contributed by atoms with Crippen molar-refractivity contribution in [1.82, 2.24) is 4.90 Å². The molecule has 0 unspecified atom stereocenters. The Morgan fingerprint density at radius 2 is 2.00 bits per heavy atom. The molecule has 0 aliphatic carbocycles. The molecular weight excluding hydrogens is 251 g/mol. The normalized spacial score (nSPS) is 9.93. The van der Waals surface area contributed by atoms with Crippen LogP contribution in [0.25, 0.3) is 0 Å². The van der Waals surface area contributed by atoms with Gasteiger partial charge in [0.2, 0.25) is 0 Å². The first kappa shape index (κ1) is 12.3. The number of rotatable bonds is 5. The van der Waals surface area contributed by atoms with E-state index in [9.17, 15) is 0 Å². The first-order chi connectivity index (χ1) is 7.24. The number of benzene rings is 1. The van der Waals surface area contributed by atoms with Crippen molar-refractivity contribution in [3.05, 3.63) is 35.9 Å². The number of amidine groups is 1. The fourth-order valence-corrected chi connectivity index (χ4v) is 1.98. The maximum atomic E-state index is 7.51. The Morgan fingerprint density at radius 1 is 1.33 bits per heavy atom. The van der Waals surface area contributed by atoms with Crippen molar-refractivity contribution in [3.63, 3.8) is 0 Å². The van der Waals surface area contributed by atoms with E-state index < -0.39 is 0 Å². The fraction of sp³-hybridized carbons (Fsp3) is 0.417. The molecule has 1 radical (unpaired) electrons. The maximum absolute atomic E-state index is 7.51. The molecule has 0 saturated carbocycles. The minimum absolute atomic E-state index is 0.547. The summed E-state index contributed by atoms with van der Waals surface area (Å²) in [4.78, 5) is 2.04. The Kier molecular flexibility index (Phi) is 5.44. The zero-order chi connectivity index (χ0) is 11.1. The molecular formula is C12H17N2Se. The van der Waals surface area contributed by atoms with E-state index in [4.69, 9.17) is 5.41 Å². The zero-order valence-electron chi connectivity index (χ0n) is 9.07. The van der Waals surface area contributed by atoms with Gasteiger partial charge in [-0.25, -0.2) is 0 Å². The van der Waals surface area contributed by atoms with Crippen LogP contribution in [0.15, 0.2) is 30.3 Å². The summed E-state index contributed by atoms with van der Waals surface area (Å²) in [6.07, 6.45) is 2.19. The standard InChI is InChI=1S/C12H17N2Se/c1-2-14(12(13)15)10-6-9-11-7-4-3-5-8-11/h3-5,7-8,13H,2,6,9-10H2,1H3. The number of hydrogen-bond acceptors (Lipinski definition) is 1. The van der Waals surface area contributed by atoms with Crippen LogP contribution in [0, 0.1) is 5.41 Å². The van der Waals surface area contributed by atoms with Crippen LogP contribution in [0.3, 0.4) is 0 Å².